The summed E-state index contributed by atoms with van der Waals surface area (Å²) in [4.78, 5) is 47.6. The normalized spacial score (nSPS) is 14.0. The van der Waals surface area contributed by atoms with Crippen LogP contribution in [-0.2, 0) is 9.53 Å². The average Bonchev–Trinajstić information content (AvgIpc) is 3.02. The van der Waals surface area contributed by atoms with E-state index in [1.807, 2.05) is 0 Å². The summed E-state index contributed by atoms with van der Waals surface area (Å²) in [6.45, 7) is 1.26. The molecular formula is C22H18FN3O5. The van der Waals surface area contributed by atoms with E-state index in [1.165, 1.54) is 37.6 Å². The van der Waals surface area contributed by atoms with Gasteiger partial charge in [-0.1, -0.05) is 12.1 Å². The zero-order valence-electron chi connectivity index (χ0n) is 16.8. The monoisotopic (exact) mass is 423 g/mol. The van der Waals surface area contributed by atoms with Crippen molar-refractivity contribution in [3.05, 3.63) is 65.1 Å². The molecule has 4 rings (SSSR count). The Morgan fingerprint density at radius 1 is 1.13 bits per heavy atom. The van der Waals surface area contributed by atoms with Gasteiger partial charge in [-0.05, 0) is 31.2 Å². The molecule has 0 N–H and O–H groups in total. The zero-order chi connectivity index (χ0) is 22.1. The number of benzene rings is 2. The molecule has 0 spiro atoms. The molecule has 0 saturated carbocycles. The zero-order valence-corrected chi connectivity index (χ0v) is 16.8. The minimum absolute atomic E-state index is 0.0114. The van der Waals surface area contributed by atoms with E-state index in [-0.39, 0.29) is 34.8 Å². The van der Waals surface area contributed by atoms with Crippen LogP contribution < -0.4 is 4.74 Å². The van der Waals surface area contributed by atoms with Crippen LogP contribution in [0.1, 0.15) is 39.1 Å². The number of esters is 1. The molecule has 1 atom stereocenters. The molecule has 1 aliphatic rings. The third-order valence-electron chi connectivity index (χ3n) is 5.06. The second-order valence-electron chi connectivity index (χ2n) is 6.83. The van der Waals surface area contributed by atoms with Gasteiger partial charge in [-0.3, -0.25) is 19.3 Å². The third kappa shape index (κ3) is 3.48. The summed E-state index contributed by atoms with van der Waals surface area (Å²) in [5, 5.41) is 0.467. The number of carbonyl (C=O) groups is 3. The van der Waals surface area contributed by atoms with Gasteiger partial charge < -0.3 is 9.47 Å². The van der Waals surface area contributed by atoms with Crippen LogP contribution in [0.25, 0.3) is 10.9 Å². The van der Waals surface area contributed by atoms with Crippen molar-refractivity contribution in [3.8, 4) is 6.01 Å². The van der Waals surface area contributed by atoms with Gasteiger partial charge in [0.1, 0.15) is 11.7 Å². The number of amides is 2. The highest BCUT2D eigenvalue weighted by Gasteiger charge is 2.40. The number of hydrogen-bond acceptors (Lipinski definition) is 7. The van der Waals surface area contributed by atoms with Crippen LogP contribution in [0, 0.1) is 5.82 Å². The van der Waals surface area contributed by atoms with Crippen molar-refractivity contribution >= 4 is 28.7 Å². The van der Waals surface area contributed by atoms with Crippen molar-refractivity contribution in [1.29, 1.82) is 0 Å². The number of methoxy groups -OCH3 is 1. The van der Waals surface area contributed by atoms with Crippen LogP contribution in [0.4, 0.5) is 4.39 Å². The Morgan fingerprint density at radius 3 is 2.42 bits per heavy atom. The number of fused-ring (bicyclic) bond motifs is 2. The summed E-state index contributed by atoms with van der Waals surface area (Å²) < 4.78 is 25.2. The maximum atomic E-state index is 15.0. The van der Waals surface area contributed by atoms with Gasteiger partial charge in [-0.15, -0.1) is 0 Å². The van der Waals surface area contributed by atoms with Crippen LogP contribution in [0.15, 0.2) is 42.6 Å². The maximum absolute atomic E-state index is 15.0. The number of rotatable bonds is 6. The van der Waals surface area contributed by atoms with Gasteiger partial charge in [0.2, 0.25) is 0 Å². The van der Waals surface area contributed by atoms with Gasteiger partial charge in [0.25, 0.3) is 11.8 Å². The lowest BCUT2D eigenvalue weighted by Gasteiger charge is -2.23. The number of ether oxygens (including phenoxy) is 2. The van der Waals surface area contributed by atoms with Crippen molar-refractivity contribution in [1.82, 2.24) is 14.9 Å². The Hall–Kier alpha value is -3.88. The van der Waals surface area contributed by atoms with Gasteiger partial charge in [0, 0.05) is 23.7 Å². The fourth-order valence-electron chi connectivity index (χ4n) is 3.62. The van der Waals surface area contributed by atoms with E-state index in [9.17, 15) is 14.4 Å². The molecule has 0 saturated heterocycles. The Kier molecular flexibility index (Phi) is 5.33. The molecule has 0 aliphatic carbocycles. The van der Waals surface area contributed by atoms with Crippen molar-refractivity contribution < 1.29 is 28.2 Å². The van der Waals surface area contributed by atoms with E-state index in [2.05, 4.69) is 9.97 Å². The Morgan fingerprint density at radius 2 is 1.81 bits per heavy atom. The highest BCUT2D eigenvalue weighted by atomic mass is 19.1. The van der Waals surface area contributed by atoms with Gasteiger partial charge in [-0.25, -0.2) is 9.37 Å². The van der Waals surface area contributed by atoms with Crippen LogP contribution in [-0.4, -0.2) is 52.9 Å². The summed E-state index contributed by atoms with van der Waals surface area (Å²) in [5.41, 5.74) is 0.518. The third-order valence-corrected chi connectivity index (χ3v) is 5.06. The predicted octanol–water partition coefficient (Wildman–Crippen LogP) is 2.72. The second-order valence-corrected chi connectivity index (χ2v) is 6.83. The smallest absolute Gasteiger partial charge is 0.316 e. The van der Waals surface area contributed by atoms with E-state index in [1.54, 1.807) is 19.1 Å². The first-order valence-electron chi connectivity index (χ1n) is 9.57. The van der Waals surface area contributed by atoms with Crippen LogP contribution in [0.2, 0.25) is 0 Å². The molecule has 158 valence electrons. The molecule has 0 fully saturated rings. The van der Waals surface area contributed by atoms with Crippen molar-refractivity contribution in [2.75, 3.05) is 20.3 Å². The molecule has 2 amide bonds. The number of aromatic nitrogens is 2. The van der Waals surface area contributed by atoms with Crippen molar-refractivity contribution in [2.45, 2.75) is 12.8 Å². The first kappa shape index (κ1) is 20.4. The van der Waals surface area contributed by atoms with Crippen LogP contribution in [0.5, 0.6) is 6.01 Å². The van der Waals surface area contributed by atoms with E-state index in [0.29, 0.717) is 5.39 Å². The molecule has 31 heavy (non-hydrogen) atoms. The minimum atomic E-state index is -1.29. The molecule has 2 aromatic carbocycles. The van der Waals surface area contributed by atoms with E-state index < -0.39 is 36.1 Å². The summed E-state index contributed by atoms with van der Waals surface area (Å²) >= 11 is 0. The van der Waals surface area contributed by atoms with Gasteiger partial charge in [0.15, 0.2) is 0 Å². The topological polar surface area (TPSA) is 98.7 Å². The lowest BCUT2D eigenvalue weighted by molar-refractivity contribution is -0.145. The lowest BCUT2D eigenvalue weighted by Crippen LogP contribution is -2.37. The Balaban J connectivity index is 1.82. The summed E-state index contributed by atoms with van der Waals surface area (Å²) in [5.74, 6) is -3.89. The lowest BCUT2D eigenvalue weighted by atomic mass is 9.95. The molecule has 1 unspecified atom stereocenters. The summed E-state index contributed by atoms with van der Waals surface area (Å²) in [6, 6.07) is 8.99. The SMILES string of the molecule is CCOC(=O)C(CN1C(=O)c2ccccc2C1=O)c1c(F)ccc2cnc(OC)nc12. The summed E-state index contributed by atoms with van der Waals surface area (Å²) in [6.07, 6.45) is 1.44. The van der Waals surface area contributed by atoms with E-state index >= 15 is 4.39 Å². The number of nitrogens with zero attached hydrogens (tertiary/aromatic N) is 3. The van der Waals surface area contributed by atoms with Gasteiger partial charge in [0.05, 0.1) is 30.4 Å². The first-order chi connectivity index (χ1) is 15.0. The highest BCUT2D eigenvalue weighted by Crippen LogP contribution is 2.32. The van der Waals surface area contributed by atoms with Gasteiger partial charge >= 0.3 is 12.0 Å². The molecule has 1 aromatic heterocycles. The average molecular weight is 423 g/mol. The van der Waals surface area contributed by atoms with Crippen LogP contribution in [0.3, 0.4) is 0 Å². The number of halogens is 1. The number of hydrogen-bond donors (Lipinski definition) is 0. The Bertz CT molecular complexity index is 1180. The molecule has 0 radical (unpaired) electrons. The largest absolute Gasteiger partial charge is 0.467 e. The maximum Gasteiger partial charge on any atom is 0.316 e. The van der Waals surface area contributed by atoms with E-state index in [4.69, 9.17) is 9.47 Å². The molecule has 9 heteroatoms. The number of imide groups is 1. The first-order valence-corrected chi connectivity index (χ1v) is 9.57. The fraction of sp³-hybridized carbons (Fsp3) is 0.227. The highest BCUT2D eigenvalue weighted by molar-refractivity contribution is 6.21. The van der Waals surface area contributed by atoms with Gasteiger partial charge in [-0.2, -0.15) is 4.98 Å². The molecule has 3 aromatic rings. The van der Waals surface area contributed by atoms with Crippen molar-refractivity contribution in [3.63, 3.8) is 0 Å². The molecular weight excluding hydrogens is 405 g/mol. The molecule has 8 nitrogen and oxygen atoms in total. The van der Waals surface area contributed by atoms with Crippen LogP contribution >= 0.6 is 0 Å². The fourth-order valence-corrected chi connectivity index (χ4v) is 3.62. The quantitative estimate of drug-likeness (QED) is 0.444. The van der Waals surface area contributed by atoms with Crippen molar-refractivity contribution in [2.24, 2.45) is 0 Å². The Labute approximate surface area is 176 Å². The minimum Gasteiger partial charge on any atom is -0.467 e. The molecule has 0 bridgehead atoms. The molecule has 1 aliphatic heterocycles. The standard InChI is InChI=1S/C22H18FN3O5/c1-3-31-21(29)15(11-26-19(27)13-6-4-5-7-14(13)20(26)28)17-16(23)9-8-12-10-24-22(30-2)25-18(12)17/h4-10,15H,3,11H2,1-2H3. The molecule has 2 heterocycles. The summed E-state index contributed by atoms with van der Waals surface area (Å²) in [7, 11) is 1.36. The predicted molar refractivity (Wildman–Crippen MR) is 107 cm³/mol. The number of carbonyl (C=O) groups excluding carboxylic acids is 3. The van der Waals surface area contributed by atoms with E-state index in [0.717, 1.165) is 4.90 Å². The second kappa shape index (κ2) is 8.10.